The van der Waals surface area contributed by atoms with Crippen LogP contribution >= 0.6 is 0 Å². The molecule has 11 heteroatoms. The summed E-state index contributed by atoms with van der Waals surface area (Å²) < 4.78 is 23.4. The van der Waals surface area contributed by atoms with Gasteiger partial charge in [0.15, 0.2) is 11.6 Å². The standard InChI is InChI=1S/C28H29FN4O6/c1-39-27-24-20(26(34)21(28(35)36)14-32(24)18-8-9-18)11-22(29)25(27)31-13-17-3-2-10-30(23(17)15-31)12-16-4-6-19(7-5-16)33(37)38/h4-7,11,14,17-18,23H,2-3,8-10,12-13,15H2,1H3,(H,35,36)/t17-,23+/m1/s1. The number of likely N-dealkylation sites (tertiary alicyclic amines) is 1. The minimum absolute atomic E-state index is 0.0105. The number of benzene rings is 2. The first-order valence-electron chi connectivity index (χ1n) is 13.2. The molecule has 2 aliphatic heterocycles. The van der Waals surface area contributed by atoms with E-state index in [2.05, 4.69) is 4.90 Å². The number of piperidine rings is 1. The molecule has 3 heterocycles. The van der Waals surface area contributed by atoms with Crippen molar-refractivity contribution in [3.8, 4) is 5.75 Å². The van der Waals surface area contributed by atoms with Crippen molar-refractivity contribution in [1.82, 2.24) is 9.47 Å². The second kappa shape index (κ2) is 9.64. The Hall–Kier alpha value is -3.99. The number of halogens is 1. The van der Waals surface area contributed by atoms with Gasteiger partial charge in [0.25, 0.3) is 5.69 Å². The summed E-state index contributed by atoms with van der Waals surface area (Å²) in [7, 11) is 1.45. The number of ether oxygens (including phenoxy) is 1. The number of nitro groups is 1. The molecule has 204 valence electrons. The van der Waals surface area contributed by atoms with Gasteiger partial charge in [0.05, 0.1) is 22.9 Å². The summed E-state index contributed by atoms with van der Waals surface area (Å²) in [6, 6.07) is 7.96. The third-order valence-electron chi connectivity index (χ3n) is 8.32. The predicted molar refractivity (Wildman–Crippen MR) is 142 cm³/mol. The zero-order valence-corrected chi connectivity index (χ0v) is 21.5. The molecule has 0 bridgehead atoms. The summed E-state index contributed by atoms with van der Waals surface area (Å²) in [6.45, 7) is 2.71. The molecule has 3 aromatic rings. The lowest BCUT2D eigenvalue weighted by atomic mass is 9.91. The Morgan fingerprint density at radius 3 is 2.59 bits per heavy atom. The van der Waals surface area contributed by atoms with Gasteiger partial charge >= 0.3 is 5.97 Å². The number of carbonyl (C=O) groups is 1. The van der Waals surface area contributed by atoms with Crippen LogP contribution in [-0.2, 0) is 6.54 Å². The van der Waals surface area contributed by atoms with Gasteiger partial charge in [0, 0.05) is 50.0 Å². The van der Waals surface area contributed by atoms with Gasteiger partial charge in [-0.05, 0) is 49.8 Å². The molecule has 6 rings (SSSR count). The van der Waals surface area contributed by atoms with Crippen molar-refractivity contribution in [2.75, 3.05) is 31.6 Å². The van der Waals surface area contributed by atoms with E-state index >= 15 is 4.39 Å². The van der Waals surface area contributed by atoms with Crippen LogP contribution in [-0.4, -0.2) is 58.3 Å². The monoisotopic (exact) mass is 536 g/mol. The van der Waals surface area contributed by atoms with E-state index in [1.807, 2.05) is 4.90 Å². The van der Waals surface area contributed by atoms with Gasteiger partial charge in [-0.1, -0.05) is 12.1 Å². The highest BCUT2D eigenvalue weighted by atomic mass is 19.1. The molecule has 2 saturated heterocycles. The summed E-state index contributed by atoms with van der Waals surface area (Å²) in [6.07, 6.45) is 5.06. The Labute approximate surface area is 223 Å². The molecule has 39 heavy (non-hydrogen) atoms. The van der Waals surface area contributed by atoms with E-state index in [1.165, 1.54) is 25.4 Å². The molecule has 10 nitrogen and oxygen atoms in total. The Morgan fingerprint density at radius 1 is 1.21 bits per heavy atom. The number of rotatable bonds is 7. The minimum atomic E-state index is -1.34. The highest BCUT2D eigenvalue weighted by molar-refractivity contribution is 5.97. The van der Waals surface area contributed by atoms with Crippen LogP contribution in [0.15, 0.2) is 41.3 Å². The van der Waals surface area contributed by atoms with Crippen LogP contribution in [0.1, 0.15) is 47.6 Å². The van der Waals surface area contributed by atoms with Crippen LogP contribution in [0, 0.1) is 21.8 Å². The maximum Gasteiger partial charge on any atom is 0.341 e. The summed E-state index contributed by atoms with van der Waals surface area (Å²) in [5.41, 5.74) is 0.675. The van der Waals surface area contributed by atoms with E-state index in [0.29, 0.717) is 36.8 Å². The fourth-order valence-electron chi connectivity index (χ4n) is 6.33. The number of carboxylic acid groups (broad SMARTS) is 1. The molecule has 2 aromatic carbocycles. The normalized spacial score (nSPS) is 21.2. The van der Waals surface area contributed by atoms with E-state index in [-0.39, 0.29) is 34.5 Å². The number of nitro benzene ring substituents is 1. The van der Waals surface area contributed by atoms with Crippen molar-refractivity contribution in [3.05, 3.63) is 73.8 Å². The quantitative estimate of drug-likeness (QED) is 0.353. The molecule has 3 aliphatic rings. The molecule has 0 amide bonds. The molecule has 0 radical (unpaired) electrons. The number of non-ortho nitro benzene ring substituents is 1. The molecular weight excluding hydrogens is 507 g/mol. The first-order valence-corrected chi connectivity index (χ1v) is 13.2. The number of carboxylic acids is 1. The lowest BCUT2D eigenvalue weighted by Gasteiger charge is -2.36. The van der Waals surface area contributed by atoms with Gasteiger partial charge in [-0.25, -0.2) is 9.18 Å². The lowest BCUT2D eigenvalue weighted by Crippen LogP contribution is -2.44. The smallest absolute Gasteiger partial charge is 0.341 e. The zero-order valence-electron chi connectivity index (χ0n) is 21.5. The van der Waals surface area contributed by atoms with Crippen molar-refractivity contribution in [2.24, 2.45) is 5.92 Å². The molecule has 2 atom stereocenters. The third-order valence-corrected chi connectivity index (χ3v) is 8.32. The first kappa shape index (κ1) is 25.3. The number of hydrogen-bond donors (Lipinski definition) is 1. The van der Waals surface area contributed by atoms with Crippen molar-refractivity contribution in [3.63, 3.8) is 0 Å². The van der Waals surface area contributed by atoms with Crippen molar-refractivity contribution >= 4 is 28.2 Å². The first-order chi connectivity index (χ1) is 18.8. The number of aromatic carboxylic acids is 1. The van der Waals surface area contributed by atoms with E-state index in [9.17, 15) is 24.8 Å². The van der Waals surface area contributed by atoms with Gasteiger partial charge in [-0.3, -0.25) is 19.8 Å². The number of methoxy groups -OCH3 is 1. The van der Waals surface area contributed by atoms with Crippen molar-refractivity contribution in [1.29, 1.82) is 0 Å². The van der Waals surface area contributed by atoms with Crippen LogP contribution in [0.4, 0.5) is 15.8 Å². The highest BCUT2D eigenvalue weighted by Gasteiger charge is 2.41. The molecule has 0 spiro atoms. The molecule has 3 fully saturated rings. The Morgan fingerprint density at radius 2 is 1.95 bits per heavy atom. The van der Waals surface area contributed by atoms with Gasteiger partial charge in [0.1, 0.15) is 11.3 Å². The maximum atomic E-state index is 15.8. The fourth-order valence-corrected chi connectivity index (χ4v) is 6.33. The van der Waals surface area contributed by atoms with Crippen LogP contribution in [0.5, 0.6) is 5.75 Å². The van der Waals surface area contributed by atoms with E-state index in [4.69, 9.17) is 4.74 Å². The third kappa shape index (κ3) is 4.40. The minimum Gasteiger partial charge on any atom is -0.492 e. The lowest BCUT2D eigenvalue weighted by molar-refractivity contribution is -0.384. The average molecular weight is 537 g/mol. The predicted octanol–water partition coefficient (Wildman–Crippen LogP) is 4.19. The summed E-state index contributed by atoms with van der Waals surface area (Å²) in [5, 5.41) is 20.6. The molecule has 1 aromatic heterocycles. The number of fused-ring (bicyclic) bond motifs is 2. The zero-order chi connectivity index (χ0) is 27.4. The Bertz CT molecular complexity index is 1530. The van der Waals surface area contributed by atoms with Crippen LogP contribution in [0.2, 0.25) is 0 Å². The van der Waals surface area contributed by atoms with Gasteiger partial charge in [-0.15, -0.1) is 0 Å². The molecule has 0 unspecified atom stereocenters. The fraction of sp³-hybridized carbons (Fsp3) is 0.429. The second-order valence-corrected chi connectivity index (χ2v) is 10.7. The van der Waals surface area contributed by atoms with Crippen LogP contribution in [0.25, 0.3) is 10.9 Å². The second-order valence-electron chi connectivity index (χ2n) is 10.7. The van der Waals surface area contributed by atoms with Crippen molar-refractivity contribution < 1.29 is 24.0 Å². The summed E-state index contributed by atoms with van der Waals surface area (Å²) >= 11 is 0. The van der Waals surface area contributed by atoms with E-state index < -0.39 is 22.1 Å². The largest absolute Gasteiger partial charge is 0.492 e. The van der Waals surface area contributed by atoms with E-state index in [0.717, 1.165) is 43.9 Å². The van der Waals surface area contributed by atoms with Crippen molar-refractivity contribution in [2.45, 2.75) is 44.3 Å². The maximum absolute atomic E-state index is 15.8. The number of pyridine rings is 1. The summed E-state index contributed by atoms with van der Waals surface area (Å²) in [5.74, 6) is -1.39. The Balaban J connectivity index is 1.36. The molecule has 1 saturated carbocycles. The molecular formula is C28H29FN4O6. The van der Waals surface area contributed by atoms with Gasteiger partial charge < -0.3 is 19.3 Å². The number of nitrogens with zero attached hydrogens (tertiary/aromatic N) is 4. The van der Waals surface area contributed by atoms with Gasteiger partial charge in [-0.2, -0.15) is 0 Å². The topological polar surface area (TPSA) is 118 Å². The molecule has 1 aliphatic carbocycles. The highest BCUT2D eigenvalue weighted by Crippen LogP contribution is 2.45. The van der Waals surface area contributed by atoms with E-state index in [1.54, 1.807) is 16.7 Å². The molecule has 1 N–H and O–H groups in total. The number of hydrogen-bond acceptors (Lipinski definition) is 7. The number of anilines is 1. The SMILES string of the molecule is COc1c(N2C[C@H]3CCCN(Cc4ccc([N+](=O)[O-])cc4)[C@H]3C2)c(F)cc2c(=O)c(C(=O)O)cn(C3CC3)c12. The number of aromatic nitrogens is 1. The van der Waals surface area contributed by atoms with Crippen LogP contribution in [0.3, 0.4) is 0 Å². The van der Waals surface area contributed by atoms with Crippen LogP contribution < -0.4 is 15.1 Å². The Kier molecular flexibility index (Phi) is 6.25. The average Bonchev–Trinajstić information content (AvgIpc) is 3.66. The summed E-state index contributed by atoms with van der Waals surface area (Å²) in [4.78, 5) is 39.7. The van der Waals surface area contributed by atoms with Gasteiger partial charge in [0.2, 0.25) is 5.43 Å².